The first-order valence-electron chi connectivity index (χ1n) is 10.7. The Balaban J connectivity index is 1.29. The van der Waals surface area contributed by atoms with E-state index in [1.807, 2.05) is 18.2 Å². The fourth-order valence-corrected chi connectivity index (χ4v) is 3.52. The van der Waals surface area contributed by atoms with Crippen LogP contribution in [-0.4, -0.2) is 25.5 Å². The van der Waals surface area contributed by atoms with Crippen molar-refractivity contribution in [2.45, 2.75) is 6.42 Å². The summed E-state index contributed by atoms with van der Waals surface area (Å²) in [6, 6.07) is 22.4. The predicted molar refractivity (Wildman–Crippen MR) is 129 cm³/mol. The number of nitrogens with one attached hydrogen (secondary N) is 2. The molecule has 2 aromatic heterocycles. The Morgan fingerprint density at radius 1 is 1.03 bits per heavy atom. The number of rotatable bonds is 6. The van der Waals surface area contributed by atoms with Gasteiger partial charge in [0.05, 0.1) is 35.8 Å². The normalized spacial score (nSPS) is 10.6. The van der Waals surface area contributed by atoms with Gasteiger partial charge in [0.1, 0.15) is 11.9 Å². The summed E-state index contributed by atoms with van der Waals surface area (Å²) in [5, 5.41) is 19.6. The number of carbonyl (C=O) groups is 1. The zero-order chi connectivity index (χ0) is 24.2. The third-order valence-corrected chi connectivity index (χ3v) is 5.26. The molecule has 8 nitrogen and oxygen atoms in total. The van der Waals surface area contributed by atoms with Crippen LogP contribution in [0.1, 0.15) is 11.1 Å². The average molecular weight is 463 g/mol. The van der Waals surface area contributed by atoms with Gasteiger partial charge >= 0.3 is 0 Å². The highest BCUT2D eigenvalue weighted by atomic mass is 19.1. The van der Waals surface area contributed by atoms with Gasteiger partial charge in [0.2, 0.25) is 11.9 Å². The molecule has 0 aliphatic rings. The Hall–Kier alpha value is -5.10. The Morgan fingerprint density at radius 2 is 1.80 bits per heavy atom. The van der Waals surface area contributed by atoms with Gasteiger partial charge < -0.3 is 10.6 Å². The van der Waals surface area contributed by atoms with E-state index in [0.29, 0.717) is 34.2 Å². The molecule has 5 rings (SSSR count). The van der Waals surface area contributed by atoms with Crippen LogP contribution in [0.2, 0.25) is 0 Å². The lowest BCUT2D eigenvalue weighted by molar-refractivity contribution is -0.115. The Morgan fingerprint density at radius 3 is 2.57 bits per heavy atom. The number of aromatic nitrogens is 4. The van der Waals surface area contributed by atoms with E-state index in [2.05, 4.69) is 31.8 Å². The van der Waals surface area contributed by atoms with Crippen LogP contribution in [0, 0.1) is 17.1 Å². The summed E-state index contributed by atoms with van der Waals surface area (Å²) in [4.78, 5) is 21.2. The van der Waals surface area contributed by atoms with E-state index in [1.54, 1.807) is 59.4 Å². The number of benzene rings is 3. The summed E-state index contributed by atoms with van der Waals surface area (Å²) in [6.07, 6.45) is 3.52. The molecule has 0 saturated carbocycles. The van der Waals surface area contributed by atoms with E-state index in [0.717, 1.165) is 11.1 Å². The zero-order valence-corrected chi connectivity index (χ0v) is 18.3. The Labute approximate surface area is 199 Å². The summed E-state index contributed by atoms with van der Waals surface area (Å²) in [5.74, 6) is -0.172. The average Bonchev–Trinajstić information content (AvgIpc) is 3.28. The molecule has 0 unspecified atom stereocenters. The minimum Gasteiger partial charge on any atom is -0.326 e. The van der Waals surface area contributed by atoms with Gasteiger partial charge in [-0.15, -0.1) is 5.10 Å². The minimum atomic E-state index is -0.334. The first-order chi connectivity index (χ1) is 17.1. The number of nitriles is 1. The van der Waals surface area contributed by atoms with Crippen LogP contribution in [0.4, 0.5) is 21.7 Å². The van der Waals surface area contributed by atoms with Crippen LogP contribution < -0.4 is 10.6 Å². The fraction of sp³-hybridized carbons (Fsp3) is 0.0385. The van der Waals surface area contributed by atoms with Gasteiger partial charge in [-0.25, -0.2) is 8.91 Å². The topological polar surface area (TPSA) is 108 Å². The van der Waals surface area contributed by atoms with Crippen LogP contribution in [0.5, 0.6) is 0 Å². The van der Waals surface area contributed by atoms with Gasteiger partial charge in [0, 0.05) is 11.3 Å². The Kier molecular flexibility index (Phi) is 5.84. The number of para-hydroxylation sites is 1. The van der Waals surface area contributed by atoms with Crippen molar-refractivity contribution >= 4 is 28.9 Å². The number of nitrogens with zero attached hydrogens (tertiary/aromatic N) is 5. The van der Waals surface area contributed by atoms with E-state index < -0.39 is 0 Å². The quantitative estimate of drug-likeness (QED) is 0.377. The van der Waals surface area contributed by atoms with Gasteiger partial charge in [-0.2, -0.15) is 10.2 Å². The number of amides is 1. The molecule has 0 bridgehead atoms. The molecule has 2 N–H and O–H groups in total. The predicted octanol–water partition coefficient (Wildman–Crippen LogP) is 4.73. The van der Waals surface area contributed by atoms with Crippen LogP contribution in [-0.2, 0) is 11.2 Å². The first-order valence-corrected chi connectivity index (χ1v) is 10.7. The molecule has 2 heterocycles. The fourth-order valence-electron chi connectivity index (χ4n) is 3.52. The molecule has 9 heteroatoms. The number of anilines is 3. The maximum absolute atomic E-state index is 13.0. The number of hydrogen-bond acceptors (Lipinski definition) is 6. The maximum atomic E-state index is 13.0. The summed E-state index contributed by atoms with van der Waals surface area (Å²) in [7, 11) is 0. The van der Waals surface area contributed by atoms with E-state index in [-0.39, 0.29) is 18.1 Å². The molecule has 0 atom stereocenters. The minimum absolute atomic E-state index is 0.155. The number of halogens is 1. The second kappa shape index (κ2) is 9.41. The van der Waals surface area contributed by atoms with Crippen molar-refractivity contribution < 1.29 is 9.18 Å². The van der Waals surface area contributed by atoms with Crippen LogP contribution in [0.3, 0.4) is 0 Å². The van der Waals surface area contributed by atoms with Crippen molar-refractivity contribution in [3.8, 4) is 17.3 Å². The molecule has 0 saturated heterocycles. The molecule has 35 heavy (non-hydrogen) atoms. The van der Waals surface area contributed by atoms with E-state index >= 15 is 0 Å². The van der Waals surface area contributed by atoms with Crippen LogP contribution in [0.15, 0.2) is 85.2 Å². The smallest absolute Gasteiger partial charge is 0.247 e. The molecule has 0 aliphatic heterocycles. The monoisotopic (exact) mass is 463 g/mol. The maximum Gasteiger partial charge on any atom is 0.247 e. The summed E-state index contributed by atoms with van der Waals surface area (Å²) in [5.41, 5.74) is 4.56. The van der Waals surface area contributed by atoms with Crippen molar-refractivity contribution in [1.82, 2.24) is 19.6 Å². The van der Waals surface area contributed by atoms with E-state index in [9.17, 15) is 14.4 Å². The third kappa shape index (κ3) is 4.96. The van der Waals surface area contributed by atoms with Gasteiger partial charge in [-0.1, -0.05) is 36.4 Å². The van der Waals surface area contributed by atoms with Crippen LogP contribution >= 0.6 is 0 Å². The largest absolute Gasteiger partial charge is 0.326 e. The second-order valence-corrected chi connectivity index (χ2v) is 7.72. The molecule has 5 aromatic rings. The molecular formula is C26H18FN7O. The lowest BCUT2D eigenvalue weighted by Gasteiger charge is -2.07. The third-order valence-electron chi connectivity index (χ3n) is 5.26. The van der Waals surface area contributed by atoms with Crippen molar-refractivity contribution in [3.63, 3.8) is 0 Å². The SMILES string of the molecule is N#Cc1ccccc1Nc1nc2cnc(-c3ccc(NC(=O)Cc4ccc(F)cc4)cc3)cn2n1. The van der Waals surface area contributed by atoms with Gasteiger partial charge in [-0.3, -0.25) is 9.78 Å². The molecule has 3 aromatic carbocycles. The Bertz CT molecular complexity index is 1550. The number of carbonyl (C=O) groups excluding carboxylic acids is 1. The lowest BCUT2D eigenvalue weighted by atomic mass is 10.1. The number of fused-ring (bicyclic) bond motifs is 1. The standard InChI is InChI=1S/C26H18FN7O/c27-20-9-5-17(6-10-20)13-25(35)30-21-11-7-18(8-12-21)23-16-34-24(15-29-23)32-26(33-34)31-22-4-2-1-3-19(22)14-28/h1-12,15-16H,13H2,(H,30,35)(H,31,33). The summed E-state index contributed by atoms with van der Waals surface area (Å²) >= 11 is 0. The van der Waals surface area contributed by atoms with Crippen molar-refractivity contribution in [1.29, 1.82) is 5.26 Å². The molecule has 170 valence electrons. The van der Waals surface area contributed by atoms with Crippen LogP contribution in [0.25, 0.3) is 16.9 Å². The van der Waals surface area contributed by atoms with Crippen molar-refractivity contribution in [3.05, 3.63) is 102 Å². The molecule has 0 spiro atoms. The lowest BCUT2D eigenvalue weighted by Crippen LogP contribution is -2.14. The molecule has 0 radical (unpaired) electrons. The number of hydrogen-bond donors (Lipinski definition) is 2. The highest BCUT2D eigenvalue weighted by molar-refractivity contribution is 5.92. The molecular weight excluding hydrogens is 445 g/mol. The first kappa shape index (κ1) is 21.7. The summed E-state index contributed by atoms with van der Waals surface area (Å²) in [6.45, 7) is 0. The van der Waals surface area contributed by atoms with Crippen molar-refractivity contribution in [2.24, 2.45) is 0 Å². The molecule has 0 aliphatic carbocycles. The molecule has 1 amide bonds. The summed E-state index contributed by atoms with van der Waals surface area (Å²) < 4.78 is 14.6. The van der Waals surface area contributed by atoms with Gasteiger partial charge in [0.15, 0.2) is 5.65 Å². The highest BCUT2D eigenvalue weighted by Gasteiger charge is 2.10. The zero-order valence-electron chi connectivity index (χ0n) is 18.3. The highest BCUT2D eigenvalue weighted by Crippen LogP contribution is 2.22. The van der Waals surface area contributed by atoms with Gasteiger partial charge in [0.25, 0.3) is 0 Å². The second-order valence-electron chi connectivity index (χ2n) is 7.72. The van der Waals surface area contributed by atoms with E-state index in [1.165, 1.54) is 12.1 Å². The van der Waals surface area contributed by atoms with Gasteiger partial charge in [-0.05, 0) is 42.0 Å². The van der Waals surface area contributed by atoms with Crippen molar-refractivity contribution in [2.75, 3.05) is 10.6 Å². The molecule has 0 fully saturated rings. The van der Waals surface area contributed by atoms with E-state index in [4.69, 9.17) is 0 Å².